The summed E-state index contributed by atoms with van der Waals surface area (Å²) in [6.45, 7) is 0. The van der Waals surface area contributed by atoms with Crippen LogP contribution in [-0.2, 0) is 11.8 Å². The van der Waals surface area contributed by atoms with Crippen molar-refractivity contribution in [1.29, 1.82) is 0 Å². The first-order valence-corrected chi connectivity index (χ1v) is 3.21. The molecule has 66 valence electrons. The summed E-state index contributed by atoms with van der Waals surface area (Å²) in [6.07, 6.45) is -0.507. The molecule has 0 N–H and O–H groups in total. The van der Waals surface area contributed by atoms with Crippen molar-refractivity contribution in [3.63, 3.8) is 0 Å². The van der Waals surface area contributed by atoms with Crippen LogP contribution < -0.4 is 4.90 Å². The maximum absolute atomic E-state index is 11.0. The Morgan fingerprint density at radius 1 is 1.67 bits per heavy atom. The van der Waals surface area contributed by atoms with E-state index in [1.54, 1.807) is 7.05 Å². The molecular formula is C5H9N5O2. The van der Waals surface area contributed by atoms with Crippen LogP contribution in [0.25, 0.3) is 0 Å². The summed E-state index contributed by atoms with van der Waals surface area (Å²) in [7, 11) is 4.45. The normalized spacial score (nSPS) is 9.58. The van der Waals surface area contributed by atoms with Crippen molar-refractivity contribution in [1.82, 2.24) is 20.2 Å². The molecule has 1 aromatic rings. The molecule has 0 atom stereocenters. The van der Waals surface area contributed by atoms with Gasteiger partial charge in [-0.25, -0.2) is 14.4 Å². The highest BCUT2D eigenvalue weighted by atomic mass is 16.5. The summed E-state index contributed by atoms with van der Waals surface area (Å²) in [4.78, 5) is 12.2. The highest BCUT2D eigenvalue weighted by molar-refractivity contribution is 5.84. The maximum atomic E-state index is 11.0. The van der Waals surface area contributed by atoms with E-state index in [4.69, 9.17) is 0 Å². The molecule has 0 aliphatic heterocycles. The summed E-state index contributed by atoms with van der Waals surface area (Å²) in [5.74, 6) is 0.335. The quantitative estimate of drug-likeness (QED) is 0.564. The van der Waals surface area contributed by atoms with E-state index >= 15 is 0 Å². The second-order valence-electron chi connectivity index (χ2n) is 2.13. The van der Waals surface area contributed by atoms with Crippen LogP contribution in [0.1, 0.15) is 0 Å². The van der Waals surface area contributed by atoms with Gasteiger partial charge in [-0.15, -0.1) is 0 Å². The maximum Gasteiger partial charge on any atom is 0.416 e. The van der Waals surface area contributed by atoms with Gasteiger partial charge in [0.25, 0.3) is 5.95 Å². The minimum atomic E-state index is -0.507. The third-order valence-corrected chi connectivity index (χ3v) is 1.35. The van der Waals surface area contributed by atoms with E-state index in [1.807, 2.05) is 0 Å². The second kappa shape index (κ2) is 3.16. The molecule has 0 spiro atoms. The Bertz CT molecular complexity index is 283. The van der Waals surface area contributed by atoms with Gasteiger partial charge in [-0.3, -0.25) is 0 Å². The Kier molecular flexibility index (Phi) is 2.22. The van der Waals surface area contributed by atoms with Crippen molar-refractivity contribution in [3.05, 3.63) is 0 Å². The monoisotopic (exact) mass is 171 g/mol. The first-order valence-electron chi connectivity index (χ1n) is 3.21. The van der Waals surface area contributed by atoms with Gasteiger partial charge >= 0.3 is 6.09 Å². The molecule has 1 heterocycles. The number of nitrogens with zero attached hydrogens (tertiary/aromatic N) is 5. The number of ether oxygens (including phenoxy) is 1. The van der Waals surface area contributed by atoms with Crippen molar-refractivity contribution in [3.8, 4) is 0 Å². The van der Waals surface area contributed by atoms with Crippen LogP contribution in [0.2, 0.25) is 0 Å². The Labute approximate surface area is 68.9 Å². The summed E-state index contributed by atoms with van der Waals surface area (Å²) >= 11 is 0. The molecule has 0 bridgehead atoms. The molecule has 1 rings (SSSR count). The van der Waals surface area contributed by atoms with Gasteiger partial charge in [-0.2, -0.15) is 0 Å². The van der Waals surface area contributed by atoms with Crippen LogP contribution in [0.3, 0.4) is 0 Å². The number of rotatable bonds is 1. The Morgan fingerprint density at radius 3 is 2.75 bits per heavy atom. The van der Waals surface area contributed by atoms with Gasteiger partial charge in [0.15, 0.2) is 0 Å². The van der Waals surface area contributed by atoms with Crippen LogP contribution >= 0.6 is 0 Å². The minimum absolute atomic E-state index is 0.335. The van der Waals surface area contributed by atoms with E-state index in [0.717, 1.165) is 0 Å². The summed E-state index contributed by atoms with van der Waals surface area (Å²) in [5.41, 5.74) is 0. The summed E-state index contributed by atoms with van der Waals surface area (Å²) in [5, 5.41) is 10.5. The zero-order valence-corrected chi connectivity index (χ0v) is 7.05. The molecule has 0 fully saturated rings. The van der Waals surface area contributed by atoms with Crippen molar-refractivity contribution in [2.75, 3.05) is 19.1 Å². The largest absolute Gasteiger partial charge is 0.452 e. The molecule has 0 aliphatic carbocycles. The third-order valence-electron chi connectivity index (χ3n) is 1.35. The van der Waals surface area contributed by atoms with Gasteiger partial charge in [-0.05, 0) is 10.4 Å². The van der Waals surface area contributed by atoms with Crippen LogP contribution in [0, 0.1) is 0 Å². The van der Waals surface area contributed by atoms with Crippen LogP contribution in [0.15, 0.2) is 0 Å². The molecule has 12 heavy (non-hydrogen) atoms. The number of hydrogen-bond acceptors (Lipinski definition) is 5. The number of anilines is 1. The fraction of sp³-hybridized carbons (Fsp3) is 0.600. The topological polar surface area (TPSA) is 73.1 Å². The standard InChI is InChI=1S/C5H9N5O2/c1-9(5(11)12-3)4-6-7-8-10(4)2/h1-3H3. The third kappa shape index (κ3) is 1.34. The number of methoxy groups -OCH3 is 1. The lowest BCUT2D eigenvalue weighted by Gasteiger charge is -2.11. The SMILES string of the molecule is COC(=O)N(C)c1nnnn1C. The van der Waals surface area contributed by atoms with Crippen molar-refractivity contribution >= 4 is 12.0 Å². The molecule has 0 aromatic carbocycles. The molecule has 7 heteroatoms. The van der Waals surface area contributed by atoms with Gasteiger partial charge in [0.2, 0.25) is 0 Å². The molecule has 1 amide bonds. The number of aryl methyl sites for hydroxylation is 1. The molecule has 0 aliphatic rings. The molecule has 0 unspecified atom stereocenters. The number of carbonyl (C=O) groups excluding carboxylic acids is 1. The fourth-order valence-corrected chi connectivity index (χ4v) is 0.727. The average molecular weight is 171 g/mol. The minimum Gasteiger partial charge on any atom is -0.452 e. The van der Waals surface area contributed by atoms with Crippen LogP contribution in [0.4, 0.5) is 10.7 Å². The second-order valence-corrected chi connectivity index (χ2v) is 2.13. The van der Waals surface area contributed by atoms with Gasteiger partial charge < -0.3 is 4.74 Å². The predicted octanol–water partition coefficient (Wildman–Crippen LogP) is -0.587. The smallest absolute Gasteiger partial charge is 0.416 e. The number of amides is 1. The van der Waals surface area contributed by atoms with Crippen LogP contribution in [-0.4, -0.2) is 40.5 Å². The summed E-state index contributed by atoms with van der Waals surface area (Å²) < 4.78 is 5.84. The molecule has 0 saturated carbocycles. The lowest BCUT2D eigenvalue weighted by molar-refractivity contribution is 0.179. The highest BCUT2D eigenvalue weighted by Gasteiger charge is 2.15. The highest BCUT2D eigenvalue weighted by Crippen LogP contribution is 2.04. The van der Waals surface area contributed by atoms with Gasteiger partial charge in [0.1, 0.15) is 0 Å². The molecule has 7 nitrogen and oxygen atoms in total. The number of tetrazole rings is 1. The predicted molar refractivity (Wildman–Crippen MR) is 39.6 cm³/mol. The van der Waals surface area contributed by atoms with Crippen molar-refractivity contribution < 1.29 is 9.53 Å². The Hall–Kier alpha value is -1.66. The lowest BCUT2D eigenvalue weighted by atomic mass is 10.8. The Morgan fingerprint density at radius 2 is 2.33 bits per heavy atom. The van der Waals surface area contributed by atoms with E-state index < -0.39 is 6.09 Å². The first kappa shape index (κ1) is 8.44. The van der Waals surface area contributed by atoms with Gasteiger partial charge in [-0.1, -0.05) is 5.10 Å². The first-order chi connectivity index (χ1) is 5.66. The Balaban J connectivity index is 2.84. The van der Waals surface area contributed by atoms with E-state index in [2.05, 4.69) is 20.3 Å². The fourth-order valence-electron chi connectivity index (χ4n) is 0.727. The molecular weight excluding hydrogens is 162 g/mol. The lowest BCUT2D eigenvalue weighted by Crippen LogP contribution is -2.28. The average Bonchev–Trinajstić information content (AvgIpc) is 2.48. The molecule has 1 aromatic heterocycles. The van der Waals surface area contributed by atoms with Gasteiger partial charge in [0.05, 0.1) is 7.11 Å². The van der Waals surface area contributed by atoms with Gasteiger partial charge in [0, 0.05) is 14.1 Å². The van der Waals surface area contributed by atoms with E-state index in [0.29, 0.717) is 5.95 Å². The molecule has 0 radical (unpaired) electrons. The van der Waals surface area contributed by atoms with Crippen molar-refractivity contribution in [2.45, 2.75) is 0 Å². The number of aromatic nitrogens is 4. The zero-order chi connectivity index (χ0) is 9.14. The molecule has 0 saturated heterocycles. The van der Waals surface area contributed by atoms with E-state index in [9.17, 15) is 4.79 Å². The number of carbonyl (C=O) groups is 1. The van der Waals surface area contributed by atoms with Crippen molar-refractivity contribution in [2.24, 2.45) is 7.05 Å². The van der Waals surface area contributed by atoms with E-state index in [-0.39, 0.29) is 0 Å². The zero-order valence-electron chi connectivity index (χ0n) is 7.05. The summed E-state index contributed by atoms with van der Waals surface area (Å²) in [6, 6.07) is 0. The van der Waals surface area contributed by atoms with Crippen LogP contribution in [0.5, 0.6) is 0 Å². The number of hydrogen-bond donors (Lipinski definition) is 0. The van der Waals surface area contributed by atoms with E-state index in [1.165, 1.54) is 23.7 Å².